The van der Waals surface area contributed by atoms with Crippen LogP contribution in [-0.4, -0.2) is 22.8 Å². The minimum absolute atomic E-state index is 0.0000245. The minimum atomic E-state index is -0.858. The number of aryl methyl sites for hydroxylation is 3. The van der Waals surface area contributed by atoms with Crippen molar-refractivity contribution in [2.24, 2.45) is 10.8 Å². The normalized spacial score (nSPS) is 13.4. The van der Waals surface area contributed by atoms with E-state index in [1.165, 1.54) is 0 Å². The molecule has 0 amide bonds. The summed E-state index contributed by atoms with van der Waals surface area (Å²) in [6.45, 7) is 10.0. The Labute approximate surface area is 193 Å². The van der Waals surface area contributed by atoms with Gasteiger partial charge in [-0.05, 0) is 69.2 Å². The largest absolute Gasteiger partial charge is 0.481 e. The summed E-state index contributed by atoms with van der Waals surface area (Å²) in [7, 11) is 0. The van der Waals surface area contributed by atoms with Crippen LogP contribution < -0.4 is 0 Å². The van der Waals surface area contributed by atoms with Crippen LogP contribution in [0, 0.1) is 10.8 Å². The molecule has 5 heteroatoms. The Morgan fingerprint density at radius 2 is 1.47 bits per heavy atom. The minimum Gasteiger partial charge on any atom is -0.481 e. The Morgan fingerprint density at radius 1 is 0.906 bits per heavy atom. The topological polar surface area (TPSA) is 83.8 Å². The molecule has 0 saturated carbocycles. The summed E-state index contributed by atoms with van der Waals surface area (Å²) in [5, 5.41) is 19.0. The number of hydrogen-bond donors (Lipinski definition) is 2. The first kappa shape index (κ1) is 26.2. The smallest absolute Gasteiger partial charge is 0.309 e. The van der Waals surface area contributed by atoms with E-state index in [0.29, 0.717) is 0 Å². The fourth-order valence-corrected chi connectivity index (χ4v) is 4.12. The van der Waals surface area contributed by atoms with Crippen molar-refractivity contribution in [2.45, 2.75) is 98.3 Å². The SMILES string of the molecule is CCCC(c1ccc(CCCc2ccc(CCCCC(C)(C)CO)o2)o1)C(C)(C)C(=O)O. The molecule has 2 aromatic heterocycles. The van der Waals surface area contributed by atoms with Gasteiger partial charge < -0.3 is 19.0 Å². The standard InChI is InChI=1S/C27H42O5/c1-6-10-23(27(4,5)25(29)30)24-17-16-22(32-24)13-9-12-21-15-14-20(31-21)11-7-8-18-26(2,3)19-28/h14-17,23,28H,6-13,18-19H2,1-5H3,(H,29,30). The van der Waals surface area contributed by atoms with Crippen LogP contribution in [0.4, 0.5) is 0 Å². The van der Waals surface area contributed by atoms with Gasteiger partial charge in [0.25, 0.3) is 0 Å². The first-order valence-corrected chi connectivity index (χ1v) is 12.1. The quantitative estimate of drug-likeness (QED) is 0.295. The van der Waals surface area contributed by atoms with E-state index in [1.807, 2.05) is 12.1 Å². The summed E-state index contributed by atoms with van der Waals surface area (Å²) in [6, 6.07) is 8.06. The van der Waals surface area contributed by atoms with E-state index in [-0.39, 0.29) is 17.9 Å². The van der Waals surface area contributed by atoms with Crippen LogP contribution in [0.2, 0.25) is 0 Å². The molecule has 0 radical (unpaired) electrons. The second kappa shape index (κ2) is 11.7. The number of furan rings is 2. The number of unbranched alkanes of at least 4 members (excludes halogenated alkanes) is 1. The molecule has 0 bridgehead atoms. The Morgan fingerprint density at radius 3 is 2.03 bits per heavy atom. The van der Waals surface area contributed by atoms with E-state index < -0.39 is 11.4 Å². The van der Waals surface area contributed by atoms with Crippen LogP contribution >= 0.6 is 0 Å². The maximum absolute atomic E-state index is 11.7. The molecular formula is C27H42O5. The molecule has 2 rings (SSSR count). The van der Waals surface area contributed by atoms with Gasteiger partial charge in [0.2, 0.25) is 0 Å². The van der Waals surface area contributed by atoms with Crippen LogP contribution in [0.3, 0.4) is 0 Å². The van der Waals surface area contributed by atoms with Crippen LogP contribution in [-0.2, 0) is 24.1 Å². The van der Waals surface area contributed by atoms with Gasteiger partial charge in [-0.15, -0.1) is 0 Å². The zero-order valence-corrected chi connectivity index (χ0v) is 20.6. The maximum atomic E-state index is 11.7. The van der Waals surface area contributed by atoms with Crippen molar-refractivity contribution in [3.63, 3.8) is 0 Å². The van der Waals surface area contributed by atoms with Crippen molar-refractivity contribution in [1.29, 1.82) is 0 Å². The predicted octanol–water partition coefficient (Wildman–Crippen LogP) is 6.77. The fourth-order valence-electron chi connectivity index (χ4n) is 4.12. The molecule has 0 fully saturated rings. The molecule has 0 aliphatic heterocycles. The average molecular weight is 447 g/mol. The summed E-state index contributed by atoms with van der Waals surface area (Å²) in [4.78, 5) is 11.7. The highest BCUT2D eigenvalue weighted by molar-refractivity contribution is 5.75. The van der Waals surface area contributed by atoms with Gasteiger partial charge in [-0.25, -0.2) is 0 Å². The van der Waals surface area contributed by atoms with E-state index in [9.17, 15) is 15.0 Å². The Hall–Kier alpha value is -2.01. The molecule has 0 aliphatic rings. The monoisotopic (exact) mass is 446 g/mol. The first-order valence-electron chi connectivity index (χ1n) is 12.1. The molecule has 1 atom stereocenters. The van der Waals surface area contributed by atoms with Gasteiger partial charge in [-0.3, -0.25) is 4.79 Å². The number of aliphatic carboxylic acids is 1. The molecule has 1 unspecified atom stereocenters. The number of hydrogen-bond acceptors (Lipinski definition) is 4. The highest BCUT2D eigenvalue weighted by Crippen LogP contribution is 2.40. The van der Waals surface area contributed by atoms with Gasteiger partial charge >= 0.3 is 5.97 Å². The molecule has 32 heavy (non-hydrogen) atoms. The molecule has 180 valence electrons. The Bertz CT molecular complexity index is 827. The second-order valence-corrected chi connectivity index (χ2v) is 10.4. The van der Waals surface area contributed by atoms with Crippen molar-refractivity contribution in [3.8, 4) is 0 Å². The van der Waals surface area contributed by atoms with Crippen molar-refractivity contribution in [2.75, 3.05) is 6.61 Å². The van der Waals surface area contributed by atoms with E-state index in [4.69, 9.17) is 8.83 Å². The van der Waals surface area contributed by atoms with Crippen molar-refractivity contribution in [1.82, 2.24) is 0 Å². The fraction of sp³-hybridized carbons (Fsp3) is 0.667. The third-order valence-corrected chi connectivity index (χ3v) is 6.54. The zero-order valence-electron chi connectivity index (χ0n) is 20.6. The molecule has 2 heterocycles. The van der Waals surface area contributed by atoms with Gasteiger partial charge in [0.1, 0.15) is 23.0 Å². The number of rotatable bonds is 15. The lowest BCUT2D eigenvalue weighted by atomic mass is 9.75. The molecule has 2 aromatic rings. The van der Waals surface area contributed by atoms with Crippen molar-refractivity contribution >= 4 is 5.97 Å². The summed E-state index contributed by atoms with van der Waals surface area (Å²) in [6.07, 6.45) is 8.39. The van der Waals surface area contributed by atoms with Crippen LogP contribution in [0.15, 0.2) is 33.1 Å². The Kier molecular flexibility index (Phi) is 9.63. The lowest BCUT2D eigenvalue weighted by molar-refractivity contribution is -0.148. The summed E-state index contributed by atoms with van der Waals surface area (Å²) in [5.74, 6) is 2.78. The summed E-state index contributed by atoms with van der Waals surface area (Å²) >= 11 is 0. The third kappa shape index (κ3) is 7.54. The van der Waals surface area contributed by atoms with Gasteiger partial charge in [-0.2, -0.15) is 0 Å². The molecule has 5 nitrogen and oxygen atoms in total. The van der Waals surface area contributed by atoms with Gasteiger partial charge in [-0.1, -0.05) is 33.6 Å². The van der Waals surface area contributed by atoms with Gasteiger partial charge in [0.15, 0.2) is 0 Å². The number of carboxylic acid groups (broad SMARTS) is 1. The lowest BCUT2D eigenvalue weighted by Gasteiger charge is -2.28. The third-order valence-electron chi connectivity index (χ3n) is 6.54. The van der Waals surface area contributed by atoms with Crippen LogP contribution in [0.5, 0.6) is 0 Å². The van der Waals surface area contributed by atoms with E-state index in [1.54, 1.807) is 13.8 Å². The molecule has 0 aliphatic carbocycles. The summed E-state index contributed by atoms with van der Waals surface area (Å²) < 4.78 is 12.0. The molecular weight excluding hydrogens is 404 g/mol. The lowest BCUT2D eigenvalue weighted by Crippen LogP contribution is -2.31. The van der Waals surface area contributed by atoms with Crippen molar-refractivity contribution in [3.05, 3.63) is 47.3 Å². The number of aliphatic hydroxyl groups excluding tert-OH is 1. The Balaban J connectivity index is 1.81. The summed E-state index contributed by atoms with van der Waals surface area (Å²) in [5.41, 5.74) is -0.858. The second-order valence-electron chi connectivity index (χ2n) is 10.4. The maximum Gasteiger partial charge on any atom is 0.309 e. The number of aliphatic hydroxyl groups is 1. The molecule has 0 spiro atoms. The predicted molar refractivity (Wildman–Crippen MR) is 127 cm³/mol. The van der Waals surface area contributed by atoms with E-state index in [2.05, 4.69) is 32.9 Å². The molecule has 0 aromatic carbocycles. The van der Waals surface area contributed by atoms with Crippen LogP contribution in [0.25, 0.3) is 0 Å². The highest BCUT2D eigenvalue weighted by atomic mass is 16.4. The number of carboxylic acids is 1. The van der Waals surface area contributed by atoms with Crippen molar-refractivity contribution < 1.29 is 23.8 Å². The first-order chi connectivity index (χ1) is 15.1. The highest BCUT2D eigenvalue weighted by Gasteiger charge is 2.39. The average Bonchev–Trinajstić information content (AvgIpc) is 3.39. The molecule has 2 N–H and O–H groups in total. The van der Waals surface area contributed by atoms with Crippen LogP contribution in [0.1, 0.15) is 102 Å². The molecule has 0 saturated heterocycles. The van der Waals surface area contributed by atoms with Gasteiger partial charge in [0.05, 0.1) is 5.41 Å². The number of carbonyl (C=O) groups is 1. The van der Waals surface area contributed by atoms with E-state index >= 15 is 0 Å². The van der Waals surface area contributed by atoms with E-state index in [0.717, 1.165) is 80.8 Å². The zero-order chi connectivity index (χ0) is 23.8. The van der Waals surface area contributed by atoms with Gasteiger partial charge in [0, 0.05) is 31.8 Å².